The minimum absolute atomic E-state index is 0.0527. The number of hydrazone groups is 1. The van der Waals surface area contributed by atoms with Gasteiger partial charge in [-0.25, -0.2) is 5.43 Å². The fourth-order valence-electron chi connectivity index (χ4n) is 2.08. The van der Waals surface area contributed by atoms with Crippen LogP contribution in [0.2, 0.25) is 5.02 Å². The smallest absolute Gasteiger partial charge is 0.240 e. The first-order chi connectivity index (χ1) is 11.9. The molecule has 0 aliphatic carbocycles. The van der Waals surface area contributed by atoms with Crippen molar-refractivity contribution in [1.82, 2.24) is 5.43 Å². The first-order valence-corrected chi connectivity index (χ1v) is 8.27. The number of aryl methyl sites for hydroxylation is 1. The third-order valence-electron chi connectivity index (χ3n) is 3.51. The van der Waals surface area contributed by atoms with E-state index in [1.165, 1.54) is 0 Å². The summed E-state index contributed by atoms with van der Waals surface area (Å²) >= 11 is 5.86. The van der Waals surface area contributed by atoms with Crippen LogP contribution in [0, 0.1) is 6.92 Å². The monoisotopic (exact) mass is 357 g/mol. The third kappa shape index (κ3) is 6.39. The van der Waals surface area contributed by atoms with Crippen LogP contribution in [0.4, 0.5) is 5.69 Å². The van der Waals surface area contributed by atoms with E-state index in [9.17, 15) is 9.59 Å². The Morgan fingerprint density at radius 2 is 1.72 bits per heavy atom. The summed E-state index contributed by atoms with van der Waals surface area (Å²) in [6.07, 6.45) is 0.120. The Morgan fingerprint density at radius 3 is 2.40 bits per heavy atom. The second-order valence-corrected chi connectivity index (χ2v) is 6.09. The minimum Gasteiger partial charge on any atom is -0.326 e. The Hall–Kier alpha value is -2.66. The quantitative estimate of drug-likeness (QED) is 0.607. The Bertz CT molecular complexity index is 786. The molecule has 25 heavy (non-hydrogen) atoms. The molecule has 0 fully saturated rings. The van der Waals surface area contributed by atoms with Crippen LogP contribution in [0.1, 0.15) is 30.9 Å². The van der Waals surface area contributed by atoms with Crippen molar-refractivity contribution >= 4 is 34.8 Å². The zero-order valence-electron chi connectivity index (χ0n) is 14.2. The largest absolute Gasteiger partial charge is 0.326 e. The highest BCUT2D eigenvalue weighted by Crippen LogP contribution is 2.15. The van der Waals surface area contributed by atoms with Gasteiger partial charge in [-0.15, -0.1) is 0 Å². The highest BCUT2D eigenvalue weighted by molar-refractivity contribution is 6.30. The summed E-state index contributed by atoms with van der Waals surface area (Å²) in [6, 6.07) is 14.7. The molecule has 6 heteroatoms. The molecule has 0 saturated carbocycles. The molecular weight excluding hydrogens is 338 g/mol. The van der Waals surface area contributed by atoms with Crippen LogP contribution in [0.3, 0.4) is 0 Å². The number of rotatable bonds is 6. The van der Waals surface area contributed by atoms with E-state index in [0.29, 0.717) is 16.4 Å². The molecule has 2 amide bonds. The zero-order valence-corrected chi connectivity index (χ0v) is 14.9. The maximum Gasteiger partial charge on any atom is 0.240 e. The molecule has 2 rings (SSSR count). The average Bonchev–Trinajstić information content (AvgIpc) is 2.58. The van der Waals surface area contributed by atoms with Crippen molar-refractivity contribution in [1.29, 1.82) is 0 Å². The fraction of sp³-hybridized carbons (Fsp3) is 0.211. The Morgan fingerprint density at radius 1 is 1.04 bits per heavy atom. The van der Waals surface area contributed by atoms with E-state index in [2.05, 4.69) is 15.8 Å². The van der Waals surface area contributed by atoms with Crippen molar-refractivity contribution in [3.8, 4) is 0 Å². The van der Waals surface area contributed by atoms with Crippen LogP contribution in [0.25, 0.3) is 0 Å². The number of benzene rings is 2. The van der Waals surface area contributed by atoms with Gasteiger partial charge in [-0.3, -0.25) is 9.59 Å². The summed E-state index contributed by atoms with van der Waals surface area (Å²) in [5, 5.41) is 7.30. The van der Waals surface area contributed by atoms with Gasteiger partial charge in [-0.05, 0) is 37.6 Å². The minimum atomic E-state index is -0.312. The summed E-state index contributed by atoms with van der Waals surface area (Å²) in [4.78, 5) is 23.7. The van der Waals surface area contributed by atoms with Crippen molar-refractivity contribution < 1.29 is 9.59 Å². The number of amides is 2. The Kier molecular flexibility index (Phi) is 6.71. The van der Waals surface area contributed by atoms with Gasteiger partial charge in [-0.2, -0.15) is 5.10 Å². The number of nitrogens with one attached hydrogen (secondary N) is 2. The molecule has 0 aliphatic rings. The van der Waals surface area contributed by atoms with Crippen molar-refractivity contribution in [2.24, 2.45) is 5.10 Å². The van der Waals surface area contributed by atoms with Crippen molar-refractivity contribution in [3.05, 3.63) is 64.7 Å². The number of carbonyl (C=O) groups is 2. The highest BCUT2D eigenvalue weighted by atomic mass is 35.5. The van der Waals surface area contributed by atoms with E-state index in [4.69, 9.17) is 11.6 Å². The maximum absolute atomic E-state index is 11.8. The van der Waals surface area contributed by atoms with Gasteiger partial charge in [0, 0.05) is 23.6 Å². The average molecular weight is 358 g/mol. The van der Waals surface area contributed by atoms with Gasteiger partial charge in [0.15, 0.2) is 0 Å². The fourth-order valence-corrected chi connectivity index (χ4v) is 2.27. The molecule has 2 N–H and O–H groups in total. The summed E-state index contributed by atoms with van der Waals surface area (Å²) in [7, 11) is 0. The molecule has 2 aromatic carbocycles. The van der Waals surface area contributed by atoms with Crippen molar-refractivity contribution in [2.75, 3.05) is 5.32 Å². The van der Waals surface area contributed by atoms with E-state index in [1.54, 1.807) is 24.3 Å². The lowest BCUT2D eigenvalue weighted by atomic mass is 10.1. The Balaban J connectivity index is 1.79. The lowest BCUT2D eigenvalue weighted by Gasteiger charge is -2.06. The van der Waals surface area contributed by atoms with Crippen molar-refractivity contribution in [3.63, 3.8) is 0 Å². The zero-order chi connectivity index (χ0) is 18.2. The number of nitrogens with zero attached hydrogens (tertiary/aromatic N) is 1. The van der Waals surface area contributed by atoms with Crippen LogP contribution in [-0.4, -0.2) is 17.5 Å². The predicted octanol–water partition coefficient (Wildman–Crippen LogP) is 3.91. The molecule has 0 heterocycles. The van der Waals surface area contributed by atoms with Gasteiger partial charge in [0.25, 0.3) is 0 Å². The summed E-state index contributed by atoms with van der Waals surface area (Å²) in [5.41, 5.74) is 5.87. The molecule has 0 spiro atoms. The van der Waals surface area contributed by atoms with E-state index in [0.717, 1.165) is 11.1 Å². The summed E-state index contributed by atoms with van der Waals surface area (Å²) < 4.78 is 0. The lowest BCUT2D eigenvalue weighted by Crippen LogP contribution is -2.21. The van der Waals surface area contributed by atoms with Gasteiger partial charge in [0.1, 0.15) is 0 Å². The van der Waals surface area contributed by atoms with E-state index in [1.807, 2.05) is 38.1 Å². The molecular formula is C19H20ClN3O2. The molecule has 0 unspecified atom stereocenters. The first kappa shape index (κ1) is 18.7. The van der Waals surface area contributed by atoms with E-state index >= 15 is 0 Å². The molecule has 0 aliphatic heterocycles. The van der Waals surface area contributed by atoms with Crippen LogP contribution in [0.5, 0.6) is 0 Å². The molecule has 0 saturated heterocycles. The van der Waals surface area contributed by atoms with Crippen LogP contribution in [0.15, 0.2) is 53.6 Å². The number of anilines is 1. The summed E-state index contributed by atoms with van der Waals surface area (Å²) in [6.45, 7) is 3.82. The van der Waals surface area contributed by atoms with Crippen LogP contribution >= 0.6 is 11.6 Å². The highest BCUT2D eigenvalue weighted by Gasteiger charge is 2.07. The number of carbonyl (C=O) groups excluding carboxylic acids is 2. The summed E-state index contributed by atoms with van der Waals surface area (Å²) in [5.74, 6) is -0.565. The number of hydrogen-bond donors (Lipinski definition) is 2. The van der Waals surface area contributed by atoms with Gasteiger partial charge >= 0.3 is 0 Å². The molecule has 130 valence electrons. The second-order valence-electron chi connectivity index (χ2n) is 5.66. The topological polar surface area (TPSA) is 70.6 Å². The normalized spacial score (nSPS) is 11.1. The third-order valence-corrected chi connectivity index (χ3v) is 3.74. The second kappa shape index (κ2) is 8.99. The van der Waals surface area contributed by atoms with Gasteiger partial charge in [0.2, 0.25) is 11.8 Å². The Labute approximate surface area is 152 Å². The molecule has 5 nitrogen and oxygen atoms in total. The van der Waals surface area contributed by atoms with Crippen molar-refractivity contribution in [2.45, 2.75) is 26.7 Å². The number of hydrogen-bond acceptors (Lipinski definition) is 3. The van der Waals surface area contributed by atoms with Gasteiger partial charge < -0.3 is 5.32 Å². The van der Waals surface area contributed by atoms with E-state index in [-0.39, 0.29) is 24.7 Å². The SMILES string of the molecule is C/C(=N\NC(=O)CCC(=O)Nc1cccc(Cl)c1)c1ccc(C)cc1. The number of halogens is 1. The molecule has 0 radical (unpaired) electrons. The first-order valence-electron chi connectivity index (χ1n) is 7.89. The molecule has 0 atom stereocenters. The lowest BCUT2D eigenvalue weighted by molar-refractivity contribution is -0.124. The van der Waals surface area contributed by atoms with Crippen LogP contribution < -0.4 is 10.7 Å². The van der Waals surface area contributed by atoms with Gasteiger partial charge in [0.05, 0.1) is 5.71 Å². The van der Waals surface area contributed by atoms with E-state index < -0.39 is 0 Å². The maximum atomic E-state index is 11.8. The standard InChI is InChI=1S/C19H20ClN3O2/c1-13-6-8-15(9-7-13)14(2)22-23-19(25)11-10-18(24)21-17-5-3-4-16(20)12-17/h3-9,12H,10-11H2,1-2H3,(H,21,24)(H,23,25)/b22-14+. The van der Waals surface area contributed by atoms with Gasteiger partial charge in [-0.1, -0.05) is 47.5 Å². The molecule has 0 aromatic heterocycles. The van der Waals surface area contributed by atoms with Crippen LogP contribution in [-0.2, 0) is 9.59 Å². The predicted molar refractivity (Wildman–Crippen MR) is 101 cm³/mol. The molecule has 0 bridgehead atoms. The molecule has 2 aromatic rings.